The summed E-state index contributed by atoms with van der Waals surface area (Å²) >= 11 is 6.34. The molecule has 2 amide bonds. The van der Waals surface area contributed by atoms with E-state index in [1.165, 1.54) is 19.1 Å². The Balaban J connectivity index is 1.95. The van der Waals surface area contributed by atoms with Crippen LogP contribution in [0.4, 0.5) is 11.4 Å². The fraction of sp³-hybridized carbons (Fsp3) is 0.286. The first-order valence-electron chi connectivity index (χ1n) is 12.5. The highest BCUT2D eigenvalue weighted by Gasteiger charge is 2.23. The summed E-state index contributed by atoms with van der Waals surface area (Å²) in [6.45, 7) is 5.43. The Morgan fingerprint density at radius 2 is 1.74 bits per heavy atom. The summed E-state index contributed by atoms with van der Waals surface area (Å²) in [5, 5.41) is 9.19. The molecule has 5 N–H and O–H groups in total. The summed E-state index contributed by atoms with van der Waals surface area (Å²) in [7, 11) is -3.59. The van der Waals surface area contributed by atoms with Gasteiger partial charge in [0.15, 0.2) is 9.84 Å². The van der Waals surface area contributed by atoms with Gasteiger partial charge in [0.05, 0.1) is 17.3 Å². The Labute approximate surface area is 234 Å². The van der Waals surface area contributed by atoms with Crippen molar-refractivity contribution in [2.45, 2.75) is 44.8 Å². The van der Waals surface area contributed by atoms with E-state index < -0.39 is 21.8 Å². The molecule has 0 aromatic heterocycles. The SMILES string of the molecule is CCOc1cccc(C(Nc2ccc(CN)c(Cl)c2)C(=O)NCc2cc(NC(C)=O)ccc2S(=O)(=O)CC)c1. The molecule has 0 radical (unpaired) electrons. The van der Waals surface area contributed by atoms with E-state index in [0.717, 1.165) is 5.56 Å². The molecule has 0 aliphatic carbocycles. The second-order valence-corrected chi connectivity index (χ2v) is 11.4. The number of nitrogens with two attached hydrogens (primary N) is 1. The Hall–Kier alpha value is -3.60. The van der Waals surface area contributed by atoms with Crippen LogP contribution >= 0.6 is 11.6 Å². The highest BCUT2D eigenvalue weighted by Crippen LogP contribution is 2.28. The Morgan fingerprint density at radius 1 is 1.00 bits per heavy atom. The summed E-state index contributed by atoms with van der Waals surface area (Å²) in [4.78, 5) is 25.2. The van der Waals surface area contributed by atoms with Gasteiger partial charge in [0, 0.05) is 36.4 Å². The second kappa shape index (κ2) is 13.5. The Morgan fingerprint density at radius 3 is 2.38 bits per heavy atom. The molecule has 0 fully saturated rings. The van der Waals surface area contributed by atoms with Crippen LogP contribution in [0.2, 0.25) is 5.02 Å². The van der Waals surface area contributed by atoms with Gasteiger partial charge in [-0.1, -0.05) is 36.7 Å². The van der Waals surface area contributed by atoms with E-state index in [1.807, 2.05) is 6.92 Å². The van der Waals surface area contributed by atoms with Crippen LogP contribution in [0.3, 0.4) is 0 Å². The van der Waals surface area contributed by atoms with Crippen LogP contribution in [0.5, 0.6) is 5.75 Å². The van der Waals surface area contributed by atoms with Crippen LogP contribution in [0, 0.1) is 0 Å². The molecule has 0 saturated carbocycles. The van der Waals surface area contributed by atoms with Crippen molar-refractivity contribution in [1.29, 1.82) is 0 Å². The van der Waals surface area contributed by atoms with E-state index in [-0.39, 0.29) is 29.6 Å². The number of carbonyl (C=O) groups excluding carboxylic acids is 2. The quantitative estimate of drug-likeness (QED) is 0.252. The number of benzene rings is 3. The number of hydrogen-bond acceptors (Lipinski definition) is 7. The van der Waals surface area contributed by atoms with Gasteiger partial charge in [0.2, 0.25) is 11.8 Å². The lowest BCUT2D eigenvalue weighted by atomic mass is 10.0. The minimum atomic E-state index is -3.59. The molecule has 0 aliphatic rings. The van der Waals surface area contributed by atoms with Crippen LogP contribution in [0.15, 0.2) is 65.6 Å². The van der Waals surface area contributed by atoms with Gasteiger partial charge in [-0.15, -0.1) is 0 Å². The molecule has 1 atom stereocenters. The first-order valence-corrected chi connectivity index (χ1v) is 14.5. The molecule has 3 rings (SSSR count). The molecule has 0 heterocycles. The van der Waals surface area contributed by atoms with Crippen molar-refractivity contribution >= 4 is 44.6 Å². The first-order chi connectivity index (χ1) is 18.6. The number of rotatable bonds is 12. The topological polar surface area (TPSA) is 140 Å². The van der Waals surface area contributed by atoms with Crippen LogP contribution in [-0.2, 0) is 32.5 Å². The van der Waals surface area contributed by atoms with Gasteiger partial charge in [0.1, 0.15) is 11.8 Å². The molecule has 3 aromatic rings. The molecule has 208 valence electrons. The number of carbonyl (C=O) groups is 2. The predicted octanol–water partition coefficient (Wildman–Crippen LogP) is 4.42. The molecular weight excluding hydrogens is 540 g/mol. The summed E-state index contributed by atoms with van der Waals surface area (Å²) in [6, 6.07) is 16.0. The zero-order valence-electron chi connectivity index (χ0n) is 22.1. The zero-order chi connectivity index (χ0) is 28.6. The maximum absolute atomic E-state index is 13.6. The lowest BCUT2D eigenvalue weighted by Gasteiger charge is -2.22. The summed E-state index contributed by atoms with van der Waals surface area (Å²) in [5.41, 5.74) is 8.50. The normalized spacial score (nSPS) is 11.9. The molecule has 3 aromatic carbocycles. The predicted molar refractivity (Wildman–Crippen MR) is 154 cm³/mol. The third-order valence-electron chi connectivity index (χ3n) is 5.90. The summed E-state index contributed by atoms with van der Waals surface area (Å²) < 4.78 is 31.1. The number of anilines is 2. The number of halogens is 1. The lowest BCUT2D eigenvalue weighted by molar-refractivity contribution is -0.122. The molecule has 0 bridgehead atoms. The fourth-order valence-corrected chi connectivity index (χ4v) is 5.34. The maximum Gasteiger partial charge on any atom is 0.247 e. The Bertz CT molecular complexity index is 1450. The van der Waals surface area contributed by atoms with Crippen molar-refractivity contribution in [3.63, 3.8) is 0 Å². The Kier molecular flexibility index (Phi) is 10.3. The van der Waals surface area contributed by atoms with Crippen molar-refractivity contribution < 1.29 is 22.7 Å². The lowest BCUT2D eigenvalue weighted by Crippen LogP contribution is -2.33. The maximum atomic E-state index is 13.6. The van der Waals surface area contributed by atoms with Crippen molar-refractivity contribution in [3.05, 3.63) is 82.4 Å². The number of amides is 2. The third kappa shape index (κ3) is 7.95. The van der Waals surface area contributed by atoms with Gasteiger partial charge in [-0.05, 0) is 66.1 Å². The second-order valence-electron chi connectivity index (χ2n) is 8.72. The van der Waals surface area contributed by atoms with Gasteiger partial charge < -0.3 is 26.4 Å². The van der Waals surface area contributed by atoms with Gasteiger partial charge in [0.25, 0.3) is 0 Å². The molecule has 39 heavy (non-hydrogen) atoms. The smallest absolute Gasteiger partial charge is 0.247 e. The van der Waals surface area contributed by atoms with E-state index >= 15 is 0 Å². The monoisotopic (exact) mass is 572 g/mol. The van der Waals surface area contributed by atoms with E-state index in [2.05, 4.69) is 16.0 Å². The van der Waals surface area contributed by atoms with Crippen molar-refractivity contribution in [3.8, 4) is 5.75 Å². The average Bonchev–Trinajstić information content (AvgIpc) is 2.90. The summed E-state index contributed by atoms with van der Waals surface area (Å²) in [5.74, 6) is -0.215. The van der Waals surface area contributed by atoms with E-state index in [4.69, 9.17) is 22.1 Å². The van der Waals surface area contributed by atoms with Gasteiger partial charge in [-0.2, -0.15) is 0 Å². The number of ether oxygens (including phenoxy) is 1. The van der Waals surface area contributed by atoms with Crippen LogP contribution < -0.4 is 26.4 Å². The van der Waals surface area contributed by atoms with E-state index in [0.29, 0.717) is 39.9 Å². The molecule has 11 heteroatoms. The number of nitrogens with one attached hydrogen (secondary N) is 3. The summed E-state index contributed by atoms with van der Waals surface area (Å²) in [6.07, 6.45) is 0. The molecule has 0 saturated heterocycles. The van der Waals surface area contributed by atoms with Crippen molar-refractivity contribution in [1.82, 2.24) is 5.32 Å². The number of sulfone groups is 1. The molecule has 0 aliphatic heterocycles. The van der Waals surface area contributed by atoms with Crippen molar-refractivity contribution in [2.75, 3.05) is 23.0 Å². The standard InChI is InChI=1S/C28H33ClN4O5S/c1-4-38-24-8-6-7-19(14-24)27(33-23-10-9-20(16-30)25(29)15-23)28(35)31-17-21-13-22(32-18(3)34)11-12-26(21)39(36,37)5-2/h6-15,27,33H,4-5,16-17,30H2,1-3H3,(H,31,35)(H,32,34). The largest absolute Gasteiger partial charge is 0.494 e. The van der Waals surface area contributed by atoms with Crippen LogP contribution in [0.25, 0.3) is 0 Å². The van der Waals surface area contributed by atoms with Crippen LogP contribution in [-0.4, -0.2) is 32.6 Å². The van der Waals surface area contributed by atoms with Crippen LogP contribution in [0.1, 0.15) is 43.5 Å². The minimum Gasteiger partial charge on any atom is -0.494 e. The van der Waals surface area contributed by atoms with E-state index in [1.54, 1.807) is 55.5 Å². The molecule has 1 unspecified atom stereocenters. The third-order valence-corrected chi connectivity index (χ3v) is 8.08. The van der Waals surface area contributed by atoms with Crippen molar-refractivity contribution in [2.24, 2.45) is 5.73 Å². The fourth-order valence-electron chi connectivity index (χ4n) is 3.96. The zero-order valence-corrected chi connectivity index (χ0v) is 23.7. The van der Waals surface area contributed by atoms with Gasteiger partial charge in [-0.25, -0.2) is 8.42 Å². The van der Waals surface area contributed by atoms with E-state index in [9.17, 15) is 18.0 Å². The molecule has 0 spiro atoms. The van der Waals surface area contributed by atoms with Gasteiger partial charge >= 0.3 is 0 Å². The highest BCUT2D eigenvalue weighted by atomic mass is 35.5. The number of hydrogen-bond donors (Lipinski definition) is 4. The molecule has 9 nitrogen and oxygen atoms in total. The molecular formula is C28H33ClN4O5S. The van der Waals surface area contributed by atoms with Gasteiger partial charge in [-0.3, -0.25) is 9.59 Å². The average molecular weight is 573 g/mol. The first kappa shape index (κ1) is 29.9. The highest BCUT2D eigenvalue weighted by molar-refractivity contribution is 7.91. The minimum absolute atomic E-state index is 0.0863.